The highest BCUT2D eigenvalue weighted by Crippen LogP contribution is 2.34. The third kappa shape index (κ3) is 2.32. The topological polar surface area (TPSA) is 62.2 Å². The Balaban J connectivity index is 1.92. The van der Waals surface area contributed by atoms with Gasteiger partial charge in [0.25, 0.3) is 5.91 Å². The van der Waals surface area contributed by atoms with Gasteiger partial charge in [0.1, 0.15) is 5.75 Å². The van der Waals surface area contributed by atoms with Crippen LogP contribution in [0.5, 0.6) is 5.75 Å². The molecule has 1 saturated carbocycles. The maximum absolute atomic E-state index is 11.8. The van der Waals surface area contributed by atoms with Gasteiger partial charge in [0.05, 0.1) is 11.8 Å². The van der Waals surface area contributed by atoms with Crippen LogP contribution in [0.15, 0.2) is 18.5 Å². The molecule has 2 atom stereocenters. The molecule has 0 aromatic carbocycles. The monoisotopic (exact) mass is 220 g/mol. The maximum Gasteiger partial charge on any atom is 0.255 e. The van der Waals surface area contributed by atoms with E-state index in [4.69, 9.17) is 0 Å². The van der Waals surface area contributed by atoms with Gasteiger partial charge >= 0.3 is 0 Å². The molecule has 1 fully saturated rings. The van der Waals surface area contributed by atoms with E-state index in [1.54, 1.807) is 0 Å². The molecule has 16 heavy (non-hydrogen) atoms. The number of aromatic nitrogens is 1. The van der Waals surface area contributed by atoms with Crippen molar-refractivity contribution in [3.8, 4) is 5.75 Å². The second-order valence-corrected chi connectivity index (χ2v) is 4.26. The SMILES string of the molecule is CCCC1CC1NC(=O)c1ccncc1O. The van der Waals surface area contributed by atoms with Gasteiger partial charge in [-0.05, 0) is 24.8 Å². The van der Waals surface area contributed by atoms with Gasteiger partial charge in [-0.2, -0.15) is 0 Å². The van der Waals surface area contributed by atoms with Crippen molar-refractivity contribution in [1.82, 2.24) is 10.3 Å². The molecule has 1 aliphatic rings. The highest BCUT2D eigenvalue weighted by Gasteiger charge is 2.37. The quantitative estimate of drug-likeness (QED) is 0.812. The predicted octanol–water partition coefficient (Wildman–Crippen LogP) is 1.71. The Morgan fingerprint density at radius 3 is 3.19 bits per heavy atom. The van der Waals surface area contributed by atoms with Gasteiger partial charge in [0.15, 0.2) is 0 Å². The van der Waals surface area contributed by atoms with Crippen molar-refractivity contribution >= 4 is 5.91 Å². The van der Waals surface area contributed by atoms with Crippen molar-refractivity contribution in [1.29, 1.82) is 0 Å². The number of aromatic hydroxyl groups is 1. The summed E-state index contributed by atoms with van der Waals surface area (Å²) in [6, 6.07) is 1.82. The largest absolute Gasteiger partial charge is 0.505 e. The van der Waals surface area contributed by atoms with Gasteiger partial charge in [-0.25, -0.2) is 0 Å². The van der Waals surface area contributed by atoms with Crippen molar-refractivity contribution in [2.24, 2.45) is 5.92 Å². The van der Waals surface area contributed by atoms with Gasteiger partial charge in [0, 0.05) is 12.2 Å². The van der Waals surface area contributed by atoms with Crippen LogP contribution >= 0.6 is 0 Å². The van der Waals surface area contributed by atoms with E-state index < -0.39 is 0 Å². The Morgan fingerprint density at radius 1 is 1.69 bits per heavy atom. The Labute approximate surface area is 94.7 Å². The molecule has 1 aromatic heterocycles. The third-order valence-corrected chi connectivity index (χ3v) is 2.94. The lowest BCUT2D eigenvalue weighted by Gasteiger charge is -2.05. The molecular formula is C12H16N2O2. The minimum Gasteiger partial charge on any atom is -0.505 e. The Kier molecular flexibility index (Phi) is 3.08. The minimum atomic E-state index is -0.205. The average molecular weight is 220 g/mol. The van der Waals surface area contributed by atoms with E-state index >= 15 is 0 Å². The molecular weight excluding hydrogens is 204 g/mol. The smallest absolute Gasteiger partial charge is 0.255 e. The van der Waals surface area contributed by atoms with E-state index in [0.29, 0.717) is 17.5 Å². The number of hydrogen-bond acceptors (Lipinski definition) is 3. The zero-order chi connectivity index (χ0) is 11.5. The zero-order valence-corrected chi connectivity index (χ0v) is 9.31. The fraction of sp³-hybridized carbons (Fsp3) is 0.500. The van der Waals surface area contributed by atoms with E-state index in [0.717, 1.165) is 19.3 Å². The van der Waals surface area contributed by atoms with E-state index in [1.165, 1.54) is 18.5 Å². The standard InChI is InChI=1S/C12H16N2O2/c1-2-3-8-6-10(8)14-12(16)9-4-5-13-7-11(9)15/h4-5,7-8,10,15H,2-3,6H2,1H3,(H,14,16). The van der Waals surface area contributed by atoms with Crippen LogP contribution in [0.2, 0.25) is 0 Å². The van der Waals surface area contributed by atoms with E-state index in [2.05, 4.69) is 17.2 Å². The van der Waals surface area contributed by atoms with Crippen molar-refractivity contribution in [2.75, 3.05) is 0 Å². The van der Waals surface area contributed by atoms with Crippen LogP contribution in [-0.2, 0) is 0 Å². The highest BCUT2D eigenvalue weighted by atomic mass is 16.3. The Morgan fingerprint density at radius 2 is 2.50 bits per heavy atom. The molecule has 0 saturated heterocycles. The first-order valence-electron chi connectivity index (χ1n) is 5.66. The molecule has 4 heteroatoms. The number of amides is 1. The first-order valence-corrected chi connectivity index (χ1v) is 5.66. The summed E-state index contributed by atoms with van der Waals surface area (Å²) in [5.74, 6) is 0.356. The number of rotatable bonds is 4. The molecule has 0 bridgehead atoms. The van der Waals surface area contributed by atoms with Crippen LogP contribution in [0, 0.1) is 5.92 Å². The summed E-state index contributed by atoms with van der Waals surface area (Å²) in [7, 11) is 0. The number of hydrogen-bond donors (Lipinski definition) is 2. The Bertz CT molecular complexity index is 392. The molecule has 0 aliphatic heterocycles. The van der Waals surface area contributed by atoms with Gasteiger partial charge in [-0.3, -0.25) is 9.78 Å². The van der Waals surface area contributed by atoms with E-state index in [-0.39, 0.29) is 11.7 Å². The molecule has 1 aromatic rings. The number of carbonyl (C=O) groups is 1. The average Bonchev–Trinajstić information content (AvgIpc) is 2.97. The van der Waals surface area contributed by atoms with Crippen LogP contribution in [0.4, 0.5) is 0 Å². The first-order chi connectivity index (χ1) is 7.72. The molecule has 86 valence electrons. The van der Waals surface area contributed by atoms with Crippen molar-refractivity contribution in [2.45, 2.75) is 32.2 Å². The molecule has 0 spiro atoms. The van der Waals surface area contributed by atoms with Gasteiger partial charge in [-0.15, -0.1) is 0 Å². The number of nitrogens with one attached hydrogen (secondary N) is 1. The van der Waals surface area contributed by atoms with E-state index in [1.807, 2.05) is 0 Å². The minimum absolute atomic E-state index is 0.0623. The first kappa shape index (κ1) is 10.9. The molecule has 4 nitrogen and oxygen atoms in total. The summed E-state index contributed by atoms with van der Waals surface area (Å²) in [4.78, 5) is 15.5. The van der Waals surface area contributed by atoms with Crippen LogP contribution in [0.25, 0.3) is 0 Å². The third-order valence-electron chi connectivity index (χ3n) is 2.94. The Hall–Kier alpha value is -1.58. The van der Waals surface area contributed by atoms with Crippen LogP contribution < -0.4 is 5.32 Å². The number of carbonyl (C=O) groups excluding carboxylic acids is 1. The lowest BCUT2D eigenvalue weighted by molar-refractivity contribution is 0.0946. The summed E-state index contributed by atoms with van der Waals surface area (Å²) in [6.07, 6.45) is 6.16. The lowest BCUT2D eigenvalue weighted by Crippen LogP contribution is -2.26. The summed E-state index contributed by atoms with van der Waals surface area (Å²) < 4.78 is 0. The maximum atomic E-state index is 11.8. The second-order valence-electron chi connectivity index (χ2n) is 4.26. The normalized spacial score (nSPS) is 22.8. The second kappa shape index (κ2) is 4.51. The fourth-order valence-corrected chi connectivity index (χ4v) is 1.94. The summed E-state index contributed by atoms with van der Waals surface area (Å²) in [5, 5.41) is 12.4. The molecule has 2 unspecified atom stereocenters. The van der Waals surface area contributed by atoms with Crippen LogP contribution in [-0.4, -0.2) is 22.0 Å². The highest BCUT2D eigenvalue weighted by molar-refractivity contribution is 5.96. The van der Waals surface area contributed by atoms with Crippen LogP contribution in [0.1, 0.15) is 36.5 Å². The zero-order valence-electron chi connectivity index (χ0n) is 9.31. The molecule has 2 N–H and O–H groups in total. The molecule has 2 rings (SSSR count). The van der Waals surface area contributed by atoms with Gasteiger partial charge in [-0.1, -0.05) is 13.3 Å². The predicted molar refractivity (Wildman–Crippen MR) is 60.2 cm³/mol. The molecule has 1 amide bonds. The molecule has 1 heterocycles. The summed E-state index contributed by atoms with van der Waals surface area (Å²) in [6.45, 7) is 2.14. The van der Waals surface area contributed by atoms with Crippen LogP contribution in [0.3, 0.4) is 0 Å². The van der Waals surface area contributed by atoms with Crippen molar-refractivity contribution in [3.05, 3.63) is 24.0 Å². The summed E-state index contributed by atoms with van der Waals surface area (Å²) >= 11 is 0. The molecule has 1 aliphatic carbocycles. The summed E-state index contributed by atoms with van der Waals surface area (Å²) in [5.41, 5.74) is 0.303. The van der Waals surface area contributed by atoms with Gasteiger partial charge in [0.2, 0.25) is 0 Å². The van der Waals surface area contributed by atoms with Gasteiger partial charge < -0.3 is 10.4 Å². The van der Waals surface area contributed by atoms with Crippen molar-refractivity contribution < 1.29 is 9.90 Å². The number of nitrogens with zero attached hydrogens (tertiary/aromatic N) is 1. The van der Waals surface area contributed by atoms with Crippen molar-refractivity contribution in [3.63, 3.8) is 0 Å². The lowest BCUT2D eigenvalue weighted by atomic mass is 10.2. The van der Waals surface area contributed by atoms with E-state index in [9.17, 15) is 9.90 Å². The fourth-order valence-electron chi connectivity index (χ4n) is 1.94. The molecule has 0 radical (unpaired) electrons. The number of pyridine rings is 1.